The van der Waals surface area contributed by atoms with E-state index in [1.807, 2.05) is 6.08 Å². The van der Waals surface area contributed by atoms with E-state index in [2.05, 4.69) is 77.1 Å². The minimum atomic E-state index is 0.689. The largest absolute Gasteiger partial charge is 0.298 e. The van der Waals surface area contributed by atoms with Crippen LogP contribution in [-0.2, 0) is 18.7 Å². The minimum absolute atomic E-state index is 0.689. The van der Waals surface area contributed by atoms with Gasteiger partial charge in [0.2, 0.25) is 0 Å². The van der Waals surface area contributed by atoms with Crippen molar-refractivity contribution in [3.63, 3.8) is 0 Å². The van der Waals surface area contributed by atoms with E-state index in [-0.39, 0.29) is 0 Å². The Bertz CT molecular complexity index is 1170. The molecule has 3 aromatic heterocycles. The number of benzene rings is 1. The lowest BCUT2D eigenvalue weighted by Crippen LogP contribution is -2.01. The standard InChI is InChI=1S/C23H24N4S3/c1-5-10-27-21(20-14-28-16(4)19(20)6-2)25-26-23(27)30-13-18-12-29-22(24-18)17-9-7-8-15(3)11-17/h5,7-9,11-12,14H,1,6,10,13H2,2-4H3. The van der Waals surface area contributed by atoms with Gasteiger partial charge >= 0.3 is 0 Å². The highest BCUT2D eigenvalue weighted by Crippen LogP contribution is 2.34. The Hall–Kier alpha value is -2.22. The predicted octanol–water partition coefficient (Wildman–Crippen LogP) is 6.79. The minimum Gasteiger partial charge on any atom is -0.298 e. The lowest BCUT2D eigenvalue weighted by Gasteiger charge is -2.08. The SMILES string of the molecule is C=CCn1c(SCc2csc(-c3cccc(C)c3)n2)nnc1-c1csc(C)c1CC. The first-order valence-electron chi connectivity index (χ1n) is 9.86. The summed E-state index contributed by atoms with van der Waals surface area (Å²) in [7, 11) is 0. The van der Waals surface area contributed by atoms with Gasteiger partial charge in [-0.1, -0.05) is 48.5 Å². The van der Waals surface area contributed by atoms with Gasteiger partial charge < -0.3 is 0 Å². The Morgan fingerprint density at radius 3 is 2.80 bits per heavy atom. The van der Waals surface area contributed by atoms with Crippen LogP contribution in [0.2, 0.25) is 0 Å². The fourth-order valence-electron chi connectivity index (χ4n) is 3.42. The van der Waals surface area contributed by atoms with E-state index in [1.165, 1.54) is 27.1 Å². The number of thiazole rings is 1. The second-order valence-electron chi connectivity index (χ2n) is 7.05. The highest BCUT2D eigenvalue weighted by atomic mass is 32.2. The van der Waals surface area contributed by atoms with Crippen LogP contribution in [0, 0.1) is 13.8 Å². The van der Waals surface area contributed by atoms with Crippen LogP contribution in [0.15, 0.2) is 52.8 Å². The Morgan fingerprint density at radius 2 is 2.03 bits per heavy atom. The molecule has 154 valence electrons. The van der Waals surface area contributed by atoms with Gasteiger partial charge in [0.1, 0.15) is 5.01 Å². The van der Waals surface area contributed by atoms with Crippen LogP contribution >= 0.6 is 34.4 Å². The number of aromatic nitrogens is 4. The second-order valence-corrected chi connectivity index (χ2v) is 9.93. The van der Waals surface area contributed by atoms with E-state index >= 15 is 0 Å². The van der Waals surface area contributed by atoms with Gasteiger partial charge in [-0.3, -0.25) is 4.57 Å². The first-order valence-corrected chi connectivity index (χ1v) is 12.6. The molecule has 0 aliphatic rings. The maximum absolute atomic E-state index is 4.83. The number of thiophene rings is 1. The van der Waals surface area contributed by atoms with Crippen molar-refractivity contribution in [1.82, 2.24) is 19.7 Å². The van der Waals surface area contributed by atoms with E-state index in [0.29, 0.717) is 6.54 Å². The van der Waals surface area contributed by atoms with Crippen molar-refractivity contribution in [1.29, 1.82) is 0 Å². The fourth-order valence-corrected chi connectivity index (χ4v) is 6.12. The molecule has 0 spiro atoms. The molecule has 1 aromatic carbocycles. The molecule has 0 amide bonds. The lowest BCUT2D eigenvalue weighted by molar-refractivity contribution is 0.730. The molecule has 4 rings (SSSR count). The van der Waals surface area contributed by atoms with Crippen LogP contribution < -0.4 is 0 Å². The number of hydrogen-bond donors (Lipinski definition) is 0. The number of allylic oxidation sites excluding steroid dienone is 1. The Labute approximate surface area is 189 Å². The summed E-state index contributed by atoms with van der Waals surface area (Å²) in [6.07, 6.45) is 2.90. The first kappa shape index (κ1) is 21.0. The molecule has 30 heavy (non-hydrogen) atoms. The Kier molecular flexibility index (Phi) is 6.51. The summed E-state index contributed by atoms with van der Waals surface area (Å²) in [6.45, 7) is 11.1. The summed E-state index contributed by atoms with van der Waals surface area (Å²) >= 11 is 5.14. The van der Waals surface area contributed by atoms with Crippen molar-refractivity contribution in [3.05, 3.63) is 69.4 Å². The van der Waals surface area contributed by atoms with Crippen molar-refractivity contribution < 1.29 is 0 Å². The smallest absolute Gasteiger partial charge is 0.192 e. The van der Waals surface area contributed by atoms with Crippen molar-refractivity contribution in [2.75, 3.05) is 0 Å². The molecule has 0 radical (unpaired) electrons. The molecule has 0 saturated carbocycles. The summed E-state index contributed by atoms with van der Waals surface area (Å²) in [5.41, 5.74) is 6.04. The van der Waals surface area contributed by atoms with Gasteiger partial charge in [-0.15, -0.1) is 39.4 Å². The van der Waals surface area contributed by atoms with Crippen molar-refractivity contribution in [2.45, 2.75) is 44.6 Å². The molecule has 0 N–H and O–H groups in total. The van der Waals surface area contributed by atoms with Crippen LogP contribution in [0.3, 0.4) is 0 Å². The molecular formula is C23H24N4S3. The molecule has 0 aliphatic heterocycles. The molecule has 0 saturated heterocycles. The van der Waals surface area contributed by atoms with Crippen molar-refractivity contribution >= 4 is 34.4 Å². The lowest BCUT2D eigenvalue weighted by atomic mass is 10.1. The zero-order valence-corrected chi connectivity index (χ0v) is 19.8. The Balaban J connectivity index is 1.56. The highest BCUT2D eigenvalue weighted by molar-refractivity contribution is 7.98. The first-order chi connectivity index (χ1) is 14.6. The number of nitrogens with zero attached hydrogens (tertiary/aromatic N) is 4. The van der Waals surface area contributed by atoms with Crippen LogP contribution in [0.1, 0.15) is 28.6 Å². The summed E-state index contributed by atoms with van der Waals surface area (Å²) in [5, 5.41) is 15.3. The molecule has 0 bridgehead atoms. The molecule has 3 heterocycles. The van der Waals surface area contributed by atoms with Gasteiger partial charge in [-0.05, 0) is 31.9 Å². The van der Waals surface area contributed by atoms with Crippen LogP contribution in [0.25, 0.3) is 22.0 Å². The zero-order valence-electron chi connectivity index (χ0n) is 17.4. The summed E-state index contributed by atoms with van der Waals surface area (Å²) in [4.78, 5) is 6.18. The highest BCUT2D eigenvalue weighted by Gasteiger charge is 2.18. The number of rotatable bonds is 8. The van der Waals surface area contributed by atoms with Crippen LogP contribution in [0.4, 0.5) is 0 Å². The summed E-state index contributed by atoms with van der Waals surface area (Å²) in [6, 6.07) is 8.48. The van der Waals surface area contributed by atoms with Gasteiger partial charge in [0.15, 0.2) is 11.0 Å². The van der Waals surface area contributed by atoms with E-state index in [4.69, 9.17) is 4.98 Å². The van der Waals surface area contributed by atoms with E-state index in [0.717, 1.165) is 33.9 Å². The van der Waals surface area contributed by atoms with Crippen molar-refractivity contribution in [2.24, 2.45) is 0 Å². The van der Waals surface area contributed by atoms with Gasteiger partial charge in [-0.2, -0.15) is 0 Å². The number of thioether (sulfide) groups is 1. The van der Waals surface area contributed by atoms with Gasteiger partial charge in [0.25, 0.3) is 0 Å². The number of hydrogen-bond acceptors (Lipinski definition) is 6. The molecule has 0 unspecified atom stereocenters. The van der Waals surface area contributed by atoms with Crippen LogP contribution in [0.5, 0.6) is 0 Å². The van der Waals surface area contributed by atoms with Gasteiger partial charge in [0, 0.05) is 39.1 Å². The van der Waals surface area contributed by atoms with E-state index in [9.17, 15) is 0 Å². The molecule has 4 nitrogen and oxygen atoms in total. The van der Waals surface area contributed by atoms with Gasteiger partial charge in [0.05, 0.1) is 5.69 Å². The Morgan fingerprint density at radius 1 is 1.17 bits per heavy atom. The maximum Gasteiger partial charge on any atom is 0.192 e. The third-order valence-electron chi connectivity index (χ3n) is 4.89. The summed E-state index contributed by atoms with van der Waals surface area (Å²) < 4.78 is 2.16. The van der Waals surface area contributed by atoms with E-state index in [1.54, 1.807) is 34.4 Å². The second kappa shape index (κ2) is 9.29. The zero-order chi connectivity index (χ0) is 21.1. The average molecular weight is 453 g/mol. The van der Waals surface area contributed by atoms with Gasteiger partial charge in [-0.25, -0.2) is 4.98 Å². The molecule has 4 aromatic rings. The fraction of sp³-hybridized carbons (Fsp3) is 0.261. The normalized spacial score (nSPS) is 11.2. The number of aryl methyl sites for hydroxylation is 2. The average Bonchev–Trinajstić information content (AvgIpc) is 3.45. The quantitative estimate of drug-likeness (QED) is 0.218. The topological polar surface area (TPSA) is 43.6 Å². The molecular weight excluding hydrogens is 428 g/mol. The van der Waals surface area contributed by atoms with Crippen LogP contribution in [-0.4, -0.2) is 19.7 Å². The third-order valence-corrected chi connectivity index (χ3v) is 7.79. The predicted molar refractivity (Wildman–Crippen MR) is 129 cm³/mol. The van der Waals surface area contributed by atoms with Crippen molar-refractivity contribution in [3.8, 4) is 22.0 Å². The third kappa shape index (κ3) is 4.29. The monoisotopic (exact) mass is 452 g/mol. The maximum atomic E-state index is 4.83. The molecule has 0 atom stereocenters. The molecule has 0 aliphatic carbocycles. The summed E-state index contributed by atoms with van der Waals surface area (Å²) in [5.74, 6) is 1.69. The molecule has 0 fully saturated rings. The van der Waals surface area contributed by atoms with E-state index < -0.39 is 0 Å². The molecule has 7 heteroatoms.